The third-order valence-corrected chi connectivity index (χ3v) is 4.49. The lowest BCUT2D eigenvalue weighted by Crippen LogP contribution is -2.35. The molecule has 1 aromatic rings. The molecule has 6 heteroatoms. The zero-order chi connectivity index (χ0) is 14.3. The van der Waals surface area contributed by atoms with E-state index in [1.807, 2.05) is 30.3 Å². The van der Waals surface area contributed by atoms with Crippen LogP contribution in [0, 0.1) is 0 Å². The molecule has 0 radical (unpaired) electrons. The molecule has 0 saturated heterocycles. The van der Waals surface area contributed by atoms with Crippen molar-refractivity contribution in [3.05, 3.63) is 35.9 Å². The zero-order valence-electron chi connectivity index (χ0n) is 10.8. The normalized spacial score (nSPS) is 13.1. The Bertz CT molecular complexity index is 495. The quantitative estimate of drug-likeness (QED) is 0.783. The van der Waals surface area contributed by atoms with Gasteiger partial charge in [-0.3, -0.25) is 0 Å². The maximum Gasteiger partial charge on any atom is 0.348 e. The zero-order valence-corrected chi connectivity index (χ0v) is 11.6. The molecular weight excluding hydrogens is 268 g/mol. The first-order valence-electron chi connectivity index (χ1n) is 6.07. The first-order valence-corrected chi connectivity index (χ1v) is 7.79. The van der Waals surface area contributed by atoms with Gasteiger partial charge in [-0.05, 0) is 18.4 Å². The number of hydrogen-bond donors (Lipinski definition) is 1. The third kappa shape index (κ3) is 5.00. The molecule has 5 nitrogen and oxygen atoms in total. The van der Waals surface area contributed by atoms with Gasteiger partial charge in [-0.2, -0.15) is 0 Å². The molecule has 19 heavy (non-hydrogen) atoms. The monoisotopic (exact) mass is 286 g/mol. The van der Waals surface area contributed by atoms with E-state index in [0.29, 0.717) is 12.8 Å². The van der Waals surface area contributed by atoms with E-state index in [1.54, 1.807) is 6.92 Å². The first-order chi connectivity index (χ1) is 8.97. The maximum absolute atomic E-state index is 11.7. The summed E-state index contributed by atoms with van der Waals surface area (Å²) >= 11 is 0. The third-order valence-electron chi connectivity index (χ3n) is 2.52. The second-order valence-electron chi connectivity index (χ2n) is 4.14. The number of carbonyl (C=O) groups is 1. The van der Waals surface area contributed by atoms with Crippen LogP contribution in [0.15, 0.2) is 30.3 Å². The number of rotatable bonds is 8. The molecule has 1 unspecified atom stereocenters. The van der Waals surface area contributed by atoms with Crippen LogP contribution in [0.3, 0.4) is 0 Å². The summed E-state index contributed by atoms with van der Waals surface area (Å²) in [4.78, 5) is 11.0. The van der Waals surface area contributed by atoms with Gasteiger partial charge in [-0.25, -0.2) is 13.2 Å². The van der Waals surface area contributed by atoms with E-state index in [4.69, 9.17) is 9.84 Å². The van der Waals surface area contributed by atoms with E-state index in [-0.39, 0.29) is 12.4 Å². The van der Waals surface area contributed by atoms with Crippen molar-refractivity contribution < 1.29 is 23.1 Å². The van der Waals surface area contributed by atoms with Gasteiger partial charge in [0.15, 0.2) is 9.84 Å². The van der Waals surface area contributed by atoms with Crippen LogP contribution >= 0.6 is 0 Å². The van der Waals surface area contributed by atoms with Crippen LogP contribution in [0.2, 0.25) is 0 Å². The minimum Gasteiger partial charge on any atom is -0.479 e. The largest absolute Gasteiger partial charge is 0.479 e. The second kappa shape index (κ2) is 7.25. The maximum atomic E-state index is 11.7. The lowest BCUT2D eigenvalue weighted by atomic mass is 10.2. The lowest BCUT2D eigenvalue weighted by Gasteiger charge is -2.14. The number of sulfone groups is 1. The average Bonchev–Trinajstić information content (AvgIpc) is 2.35. The minimum absolute atomic E-state index is 0.0594. The number of carboxylic acids is 1. The van der Waals surface area contributed by atoms with Crippen molar-refractivity contribution in [2.45, 2.75) is 25.2 Å². The smallest absolute Gasteiger partial charge is 0.348 e. The highest BCUT2D eigenvalue weighted by molar-refractivity contribution is 7.92. The van der Waals surface area contributed by atoms with Crippen molar-refractivity contribution in [3.63, 3.8) is 0 Å². The Labute approximate surface area is 113 Å². The van der Waals surface area contributed by atoms with E-state index in [0.717, 1.165) is 5.56 Å². The van der Waals surface area contributed by atoms with Crippen LogP contribution < -0.4 is 0 Å². The molecular formula is C13H18O5S. The molecule has 0 heterocycles. The van der Waals surface area contributed by atoms with Crippen LogP contribution in [0.4, 0.5) is 0 Å². The summed E-state index contributed by atoms with van der Waals surface area (Å²) < 4.78 is 28.5. The molecule has 0 aliphatic rings. The Balaban J connectivity index is 2.59. The van der Waals surface area contributed by atoms with Crippen LogP contribution in [0.5, 0.6) is 0 Å². The molecule has 1 aromatic carbocycles. The molecule has 1 N–H and O–H groups in total. The Morgan fingerprint density at radius 2 is 1.95 bits per heavy atom. The molecule has 1 rings (SSSR count). The van der Waals surface area contributed by atoms with E-state index in [1.165, 1.54) is 0 Å². The SMILES string of the molecule is CCCS(=O)(=O)C(OCCc1ccccc1)C(=O)O. The molecule has 1 atom stereocenters. The summed E-state index contributed by atoms with van der Waals surface area (Å²) in [6.45, 7) is 1.74. The Hall–Kier alpha value is -1.40. The molecule has 106 valence electrons. The Kier molecular flexibility index (Phi) is 5.98. The highest BCUT2D eigenvalue weighted by Crippen LogP contribution is 2.08. The predicted molar refractivity (Wildman–Crippen MR) is 71.6 cm³/mol. The van der Waals surface area contributed by atoms with Crippen LogP contribution in [0.1, 0.15) is 18.9 Å². The molecule has 0 fully saturated rings. The standard InChI is InChI=1S/C13H18O5S/c1-2-10-19(16,17)13(12(14)15)18-9-8-11-6-4-3-5-7-11/h3-7,13H,2,8-10H2,1H3,(H,14,15). The van der Waals surface area contributed by atoms with Crippen LogP contribution in [0.25, 0.3) is 0 Å². The van der Waals surface area contributed by atoms with Crippen molar-refractivity contribution in [2.24, 2.45) is 0 Å². The van der Waals surface area contributed by atoms with Gasteiger partial charge in [-0.15, -0.1) is 0 Å². The molecule has 0 aromatic heterocycles. The van der Waals surface area contributed by atoms with Gasteiger partial charge in [0, 0.05) is 0 Å². The first kappa shape index (κ1) is 15.7. The topological polar surface area (TPSA) is 80.7 Å². The fraction of sp³-hybridized carbons (Fsp3) is 0.462. The molecule has 0 amide bonds. The summed E-state index contributed by atoms with van der Waals surface area (Å²) in [6.07, 6.45) is 0.848. The fourth-order valence-corrected chi connectivity index (χ4v) is 3.04. The van der Waals surface area contributed by atoms with Gasteiger partial charge >= 0.3 is 5.97 Å². The second-order valence-corrected chi connectivity index (χ2v) is 6.31. The number of aliphatic carboxylic acids is 1. The Morgan fingerprint density at radius 1 is 1.32 bits per heavy atom. The van der Waals surface area contributed by atoms with Gasteiger partial charge in [0.25, 0.3) is 5.44 Å². The average molecular weight is 286 g/mol. The van der Waals surface area contributed by atoms with Gasteiger partial charge in [0.2, 0.25) is 0 Å². The molecule has 0 aliphatic carbocycles. The number of carboxylic acid groups (broad SMARTS) is 1. The van der Waals surface area contributed by atoms with Crippen LogP contribution in [-0.2, 0) is 25.8 Å². The lowest BCUT2D eigenvalue weighted by molar-refractivity contribution is -0.144. The van der Waals surface area contributed by atoms with Crippen molar-refractivity contribution >= 4 is 15.8 Å². The van der Waals surface area contributed by atoms with Crippen molar-refractivity contribution in [3.8, 4) is 0 Å². The Morgan fingerprint density at radius 3 is 2.47 bits per heavy atom. The number of ether oxygens (including phenoxy) is 1. The molecule has 0 saturated carbocycles. The van der Waals surface area contributed by atoms with Gasteiger partial charge in [-0.1, -0.05) is 37.3 Å². The summed E-state index contributed by atoms with van der Waals surface area (Å²) in [5.41, 5.74) is -0.796. The number of hydrogen-bond acceptors (Lipinski definition) is 4. The summed E-state index contributed by atoms with van der Waals surface area (Å²) in [7, 11) is -3.75. The molecule has 0 spiro atoms. The van der Waals surface area contributed by atoms with E-state index in [2.05, 4.69) is 0 Å². The van der Waals surface area contributed by atoms with Gasteiger partial charge in [0.05, 0.1) is 12.4 Å². The van der Waals surface area contributed by atoms with Crippen LogP contribution in [-0.4, -0.2) is 37.3 Å². The van der Waals surface area contributed by atoms with E-state index >= 15 is 0 Å². The summed E-state index contributed by atoms with van der Waals surface area (Å²) in [5.74, 6) is -1.64. The van der Waals surface area contributed by atoms with Gasteiger partial charge in [0.1, 0.15) is 0 Å². The van der Waals surface area contributed by atoms with Crippen molar-refractivity contribution in [1.82, 2.24) is 0 Å². The summed E-state index contributed by atoms with van der Waals surface area (Å²) in [5, 5.41) is 8.93. The minimum atomic E-state index is -3.75. The van der Waals surface area contributed by atoms with Crippen molar-refractivity contribution in [1.29, 1.82) is 0 Å². The van der Waals surface area contributed by atoms with Gasteiger partial charge < -0.3 is 9.84 Å². The van der Waals surface area contributed by atoms with E-state index < -0.39 is 21.2 Å². The highest BCUT2D eigenvalue weighted by atomic mass is 32.2. The van der Waals surface area contributed by atoms with E-state index in [9.17, 15) is 13.2 Å². The highest BCUT2D eigenvalue weighted by Gasteiger charge is 2.32. The predicted octanol–water partition coefficient (Wildman–Crippen LogP) is 1.48. The number of benzene rings is 1. The van der Waals surface area contributed by atoms with Crippen molar-refractivity contribution in [2.75, 3.05) is 12.4 Å². The summed E-state index contributed by atoms with van der Waals surface area (Å²) in [6, 6.07) is 9.34. The molecule has 0 bridgehead atoms. The molecule has 0 aliphatic heterocycles. The fourth-order valence-electron chi connectivity index (χ4n) is 1.65.